The first-order chi connectivity index (χ1) is 11.9. The van der Waals surface area contributed by atoms with Gasteiger partial charge in [0.2, 0.25) is 15.9 Å². The molecule has 0 saturated carbocycles. The van der Waals surface area contributed by atoms with Crippen LogP contribution in [0.3, 0.4) is 0 Å². The number of anilines is 1. The van der Waals surface area contributed by atoms with Gasteiger partial charge in [-0.1, -0.05) is 23.4 Å². The molecule has 0 aliphatic carbocycles. The number of nitrogens with zero attached hydrogens (tertiary/aromatic N) is 3. The van der Waals surface area contributed by atoms with Crippen LogP contribution in [0.5, 0.6) is 0 Å². The molecule has 2 aromatic rings. The Kier molecular flexibility index (Phi) is 5.16. The molecule has 1 aromatic carbocycles. The van der Waals surface area contributed by atoms with Crippen molar-refractivity contribution < 1.29 is 17.7 Å². The molecule has 8 nitrogen and oxygen atoms in total. The van der Waals surface area contributed by atoms with Gasteiger partial charge in [-0.2, -0.15) is 4.31 Å². The molecular weight excluding hydrogens is 344 g/mol. The minimum atomic E-state index is -3.48. The lowest BCUT2D eigenvalue weighted by Gasteiger charge is -2.33. The van der Waals surface area contributed by atoms with E-state index in [1.54, 1.807) is 43.3 Å². The van der Waals surface area contributed by atoms with Gasteiger partial charge in [-0.15, -0.1) is 0 Å². The molecule has 0 atom stereocenters. The predicted octanol–water partition coefficient (Wildman–Crippen LogP) is 0.928. The summed E-state index contributed by atoms with van der Waals surface area (Å²) >= 11 is 0. The van der Waals surface area contributed by atoms with Crippen molar-refractivity contribution in [3.63, 3.8) is 0 Å². The minimum absolute atomic E-state index is 0.186. The number of sulfonamides is 1. The standard InChI is InChI=1S/C16H20N4O4S/c1-13-11-15(18-24-13)17-16(21)12-19-7-9-20(10-8-19)25(22,23)14-5-3-2-4-6-14/h2-6,11H,7-10,12H2,1H3,(H,17,18,21). The molecule has 0 radical (unpaired) electrons. The summed E-state index contributed by atoms with van der Waals surface area (Å²) in [6.45, 7) is 3.63. The van der Waals surface area contributed by atoms with Gasteiger partial charge in [0.25, 0.3) is 0 Å². The van der Waals surface area contributed by atoms with Crippen molar-refractivity contribution in [2.24, 2.45) is 0 Å². The van der Waals surface area contributed by atoms with Gasteiger partial charge in [0, 0.05) is 32.2 Å². The Bertz CT molecular complexity index is 827. The van der Waals surface area contributed by atoms with Crippen molar-refractivity contribution in [3.8, 4) is 0 Å². The van der Waals surface area contributed by atoms with Gasteiger partial charge in [-0.05, 0) is 19.1 Å². The van der Waals surface area contributed by atoms with E-state index >= 15 is 0 Å². The van der Waals surface area contributed by atoms with Crippen LogP contribution in [0.25, 0.3) is 0 Å². The average molecular weight is 364 g/mol. The Hall–Kier alpha value is -2.23. The number of carbonyl (C=O) groups is 1. The van der Waals surface area contributed by atoms with Gasteiger partial charge in [0.15, 0.2) is 5.82 Å². The Morgan fingerprint density at radius 1 is 1.20 bits per heavy atom. The van der Waals surface area contributed by atoms with E-state index < -0.39 is 10.0 Å². The monoisotopic (exact) mass is 364 g/mol. The largest absolute Gasteiger partial charge is 0.360 e. The molecule has 1 N–H and O–H groups in total. The molecule has 134 valence electrons. The van der Waals surface area contributed by atoms with Crippen LogP contribution in [0, 0.1) is 6.92 Å². The summed E-state index contributed by atoms with van der Waals surface area (Å²) in [4.78, 5) is 14.2. The topological polar surface area (TPSA) is 95.8 Å². The summed E-state index contributed by atoms with van der Waals surface area (Å²) in [6.07, 6.45) is 0. The quantitative estimate of drug-likeness (QED) is 0.848. The summed E-state index contributed by atoms with van der Waals surface area (Å²) in [5.41, 5.74) is 0. The van der Waals surface area contributed by atoms with Crippen LogP contribution in [0.1, 0.15) is 5.76 Å². The van der Waals surface area contributed by atoms with Gasteiger partial charge >= 0.3 is 0 Å². The molecule has 1 aliphatic heterocycles. The molecule has 1 aromatic heterocycles. The van der Waals surface area contributed by atoms with Crippen LogP contribution >= 0.6 is 0 Å². The van der Waals surface area contributed by atoms with Crippen molar-refractivity contribution in [2.75, 3.05) is 38.0 Å². The van der Waals surface area contributed by atoms with Crippen LogP contribution in [-0.2, 0) is 14.8 Å². The highest BCUT2D eigenvalue weighted by Crippen LogP contribution is 2.17. The van der Waals surface area contributed by atoms with Crippen molar-refractivity contribution in [1.82, 2.24) is 14.4 Å². The number of carbonyl (C=O) groups excluding carboxylic acids is 1. The summed E-state index contributed by atoms with van der Waals surface area (Å²) in [7, 11) is -3.48. The zero-order valence-electron chi connectivity index (χ0n) is 13.9. The molecule has 25 heavy (non-hydrogen) atoms. The second kappa shape index (κ2) is 7.34. The van der Waals surface area contributed by atoms with Crippen molar-refractivity contribution >= 4 is 21.7 Å². The zero-order chi connectivity index (χ0) is 17.9. The predicted molar refractivity (Wildman–Crippen MR) is 91.5 cm³/mol. The van der Waals surface area contributed by atoms with E-state index in [2.05, 4.69) is 10.5 Å². The molecule has 1 aliphatic rings. The highest BCUT2D eigenvalue weighted by Gasteiger charge is 2.28. The van der Waals surface area contributed by atoms with E-state index in [1.165, 1.54) is 4.31 Å². The normalized spacial score (nSPS) is 16.7. The SMILES string of the molecule is Cc1cc(NC(=O)CN2CCN(S(=O)(=O)c3ccccc3)CC2)no1. The lowest BCUT2D eigenvalue weighted by atomic mass is 10.3. The maximum absolute atomic E-state index is 12.6. The molecule has 3 rings (SSSR count). The second-order valence-corrected chi connectivity index (χ2v) is 7.80. The number of hydrogen-bond acceptors (Lipinski definition) is 6. The Balaban J connectivity index is 1.52. The lowest BCUT2D eigenvalue weighted by molar-refractivity contribution is -0.117. The average Bonchev–Trinajstić information content (AvgIpc) is 3.01. The Labute approximate surface area is 146 Å². The van der Waals surface area contributed by atoms with Crippen molar-refractivity contribution in [1.29, 1.82) is 0 Å². The van der Waals surface area contributed by atoms with Gasteiger partial charge in [-0.3, -0.25) is 9.69 Å². The third kappa shape index (κ3) is 4.25. The van der Waals surface area contributed by atoms with Crippen LogP contribution in [0.15, 0.2) is 45.8 Å². The number of benzene rings is 1. The smallest absolute Gasteiger partial charge is 0.243 e. The van der Waals surface area contributed by atoms with Gasteiger partial charge in [0.1, 0.15) is 5.76 Å². The molecule has 1 fully saturated rings. The fourth-order valence-corrected chi connectivity index (χ4v) is 4.12. The molecule has 1 saturated heterocycles. The van der Waals surface area contributed by atoms with Crippen LogP contribution in [0.2, 0.25) is 0 Å². The number of amides is 1. The van der Waals surface area contributed by atoms with Crippen molar-refractivity contribution in [2.45, 2.75) is 11.8 Å². The molecule has 9 heteroatoms. The van der Waals surface area contributed by atoms with Gasteiger partial charge in [-0.25, -0.2) is 8.42 Å². The first kappa shape index (κ1) is 17.6. The summed E-state index contributed by atoms with van der Waals surface area (Å²) in [5.74, 6) is 0.801. The van der Waals surface area contributed by atoms with Crippen LogP contribution < -0.4 is 5.32 Å². The fourth-order valence-electron chi connectivity index (χ4n) is 2.68. The molecule has 1 amide bonds. The van der Waals surface area contributed by atoms with E-state index in [-0.39, 0.29) is 12.5 Å². The molecule has 0 bridgehead atoms. The maximum Gasteiger partial charge on any atom is 0.243 e. The number of aryl methyl sites for hydroxylation is 1. The first-order valence-electron chi connectivity index (χ1n) is 7.96. The third-order valence-electron chi connectivity index (χ3n) is 3.97. The van der Waals surface area contributed by atoms with Gasteiger partial charge in [0.05, 0.1) is 11.4 Å². The van der Waals surface area contributed by atoms with E-state index in [0.717, 1.165) is 0 Å². The highest BCUT2D eigenvalue weighted by molar-refractivity contribution is 7.89. The number of aromatic nitrogens is 1. The zero-order valence-corrected chi connectivity index (χ0v) is 14.7. The van der Waals surface area contributed by atoms with Gasteiger partial charge < -0.3 is 9.84 Å². The van der Waals surface area contributed by atoms with E-state index in [4.69, 9.17) is 4.52 Å². The summed E-state index contributed by atoms with van der Waals surface area (Å²) in [6, 6.07) is 10.0. The number of hydrogen-bond donors (Lipinski definition) is 1. The molecule has 0 spiro atoms. The maximum atomic E-state index is 12.6. The van der Waals surface area contributed by atoms with Crippen LogP contribution in [-0.4, -0.2) is 61.4 Å². The first-order valence-corrected chi connectivity index (χ1v) is 9.40. The molecule has 2 heterocycles. The number of rotatable bonds is 5. The molecular formula is C16H20N4O4S. The lowest BCUT2D eigenvalue weighted by Crippen LogP contribution is -2.50. The summed E-state index contributed by atoms with van der Waals surface area (Å²) < 4.78 is 31.5. The minimum Gasteiger partial charge on any atom is -0.360 e. The van der Waals surface area contributed by atoms with E-state index in [1.807, 2.05) is 4.90 Å². The van der Waals surface area contributed by atoms with E-state index in [0.29, 0.717) is 42.7 Å². The summed E-state index contributed by atoms with van der Waals surface area (Å²) in [5, 5.41) is 6.37. The highest BCUT2D eigenvalue weighted by atomic mass is 32.2. The van der Waals surface area contributed by atoms with E-state index in [9.17, 15) is 13.2 Å². The third-order valence-corrected chi connectivity index (χ3v) is 5.89. The fraction of sp³-hybridized carbons (Fsp3) is 0.375. The number of piperazine rings is 1. The Morgan fingerprint density at radius 2 is 1.88 bits per heavy atom. The number of nitrogens with one attached hydrogen (secondary N) is 1. The van der Waals surface area contributed by atoms with Crippen LogP contribution in [0.4, 0.5) is 5.82 Å². The Morgan fingerprint density at radius 3 is 2.48 bits per heavy atom. The molecule has 0 unspecified atom stereocenters. The second-order valence-electron chi connectivity index (χ2n) is 5.86. The van der Waals surface area contributed by atoms with Crippen molar-refractivity contribution in [3.05, 3.63) is 42.2 Å².